The first-order valence-electron chi connectivity index (χ1n) is 5.59. The number of hydrogen-bond acceptors (Lipinski definition) is 3. The van der Waals surface area contributed by atoms with E-state index in [0.717, 1.165) is 35.3 Å². The van der Waals surface area contributed by atoms with Gasteiger partial charge in [0.2, 0.25) is 0 Å². The van der Waals surface area contributed by atoms with Crippen molar-refractivity contribution in [1.29, 1.82) is 0 Å². The Morgan fingerprint density at radius 1 is 1.69 bits per heavy atom. The SMILES string of the molecule is Cc1ccnc(NCC2CC2C)c1C(N)=S. The van der Waals surface area contributed by atoms with Crippen LogP contribution in [-0.2, 0) is 0 Å². The number of aryl methyl sites for hydroxylation is 1. The summed E-state index contributed by atoms with van der Waals surface area (Å²) in [5.41, 5.74) is 7.67. The smallest absolute Gasteiger partial charge is 0.136 e. The molecule has 0 radical (unpaired) electrons. The maximum Gasteiger partial charge on any atom is 0.136 e. The molecule has 0 spiro atoms. The summed E-state index contributed by atoms with van der Waals surface area (Å²) in [6.45, 7) is 5.23. The van der Waals surface area contributed by atoms with Crippen LogP contribution in [0.5, 0.6) is 0 Å². The van der Waals surface area contributed by atoms with E-state index in [9.17, 15) is 0 Å². The Bertz CT molecular complexity index is 417. The highest BCUT2D eigenvalue weighted by Crippen LogP contribution is 2.37. The van der Waals surface area contributed by atoms with E-state index in [-0.39, 0.29) is 0 Å². The lowest BCUT2D eigenvalue weighted by Gasteiger charge is -2.11. The van der Waals surface area contributed by atoms with Gasteiger partial charge in [-0.2, -0.15) is 0 Å². The molecule has 86 valence electrons. The van der Waals surface area contributed by atoms with Crippen LogP contribution in [0.4, 0.5) is 5.82 Å². The Morgan fingerprint density at radius 3 is 2.94 bits per heavy atom. The number of nitrogens with one attached hydrogen (secondary N) is 1. The molecule has 3 N–H and O–H groups in total. The van der Waals surface area contributed by atoms with E-state index in [1.807, 2.05) is 13.0 Å². The van der Waals surface area contributed by atoms with Crippen molar-refractivity contribution in [3.63, 3.8) is 0 Å². The van der Waals surface area contributed by atoms with Crippen molar-refractivity contribution >= 4 is 23.0 Å². The standard InChI is InChI=1S/C12H17N3S/c1-7-3-4-14-12(10(7)11(13)16)15-6-9-5-8(9)2/h3-4,8-9H,5-6H2,1-2H3,(H2,13,16)(H,14,15). The third-order valence-corrected chi connectivity index (χ3v) is 3.42. The highest BCUT2D eigenvalue weighted by Gasteiger charge is 2.32. The van der Waals surface area contributed by atoms with E-state index in [0.29, 0.717) is 4.99 Å². The molecule has 1 heterocycles. The van der Waals surface area contributed by atoms with Gasteiger partial charge < -0.3 is 11.1 Å². The van der Waals surface area contributed by atoms with E-state index in [1.165, 1.54) is 6.42 Å². The van der Waals surface area contributed by atoms with E-state index in [1.54, 1.807) is 6.20 Å². The molecule has 2 unspecified atom stereocenters. The summed E-state index contributed by atoms with van der Waals surface area (Å²) in [6.07, 6.45) is 3.09. The van der Waals surface area contributed by atoms with Crippen LogP contribution >= 0.6 is 12.2 Å². The molecule has 0 saturated heterocycles. The predicted molar refractivity (Wildman–Crippen MR) is 70.6 cm³/mol. The van der Waals surface area contributed by atoms with Gasteiger partial charge in [-0.05, 0) is 36.8 Å². The summed E-state index contributed by atoms with van der Waals surface area (Å²) in [7, 11) is 0. The number of pyridine rings is 1. The number of thiocarbonyl (C=S) groups is 1. The molecule has 1 fully saturated rings. The maximum absolute atomic E-state index is 5.72. The van der Waals surface area contributed by atoms with Gasteiger partial charge in [-0.25, -0.2) is 4.98 Å². The molecular weight excluding hydrogens is 218 g/mol. The Morgan fingerprint density at radius 2 is 2.38 bits per heavy atom. The molecule has 0 bridgehead atoms. The van der Waals surface area contributed by atoms with E-state index in [4.69, 9.17) is 18.0 Å². The second kappa shape index (κ2) is 4.37. The molecule has 0 aliphatic heterocycles. The zero-order chi connectivity index (χ0) is 11.7. The van der Waals surface area contributed by atoms with Crippen molar-refractivity contribution < 1.29 is 0 Å². The Labute approximate surface area is 101 Å². The van der Waals surface area contributed by atoms with Gasteiger partial charge in [-0.1, -0.05) is 19.1 Å². The van der Waals surface area contributed by atoms with Crippen LogP contribution in [0.3, 0.4) is 0 Å². The fourth-order valence-electron chi connectivity index (χ4n) is 1.91. The van der Waals surface area contributed by atoms with Gasteiger partial charge in [0.05, 0.1) is 5.56 Å². The fourth-order valence-corrected chi connectivity index (χ4v) is 2.17. The minimum atomic E-state index is 0.414. The molecule has 2 atom stereocenters. The van der Waals surface area contributed by atoms with Crippen LogP contribution in [-0.4, -0.2) is 16.5 Å². The summed E-state index contributed by atoms with van der Waals surface area (Å²) in [5, 5.41) is 3.35. The maximum atomic E-state index is 5.72. The van der Waals surface area contributed by atoms with Crippen molar-refractivity contribution in [2.45, 2.75) is 20.3 Å². The zero-order valence-electron chi connectivity index (χ0n) is 9.66. The van der Waals surface area contributed by atoms with Gasteiger partial charge in [0.1, 0.15) is 10.8 Å². The Balaban J connectivity index is 2.12. The topological polar surface area (TPSA) is 50.9 Å². The molecule has 1 aliphatic carbocycles. The van der Waals surface area contributed by atoms with Crippen LogP contribution in [0.1, 0.15) is 24.5 Å². The molecular formula is C12H17N3S. The minimum absolute atomic E-state index is 0.414. The molecule has 4 heteroatoms. The van der Waals surface area contributed by atoms with Gasteiger partial charge in [-0.15, -0.1) is 0 Å². The second-order valence-electron chi connectivity index (χ2n) is 4.57. The first-order valence-corrected chi connectivity index (χ1v) is 5.99. The summed E-state index contributed by atoms with van der Waals surface area (Å²) in [4.78, 5) is 4.72. The summed E-state index contributed by atoms with van der Waals surface area (Å²) >= 11 is 5.05. The highest BCUT2D eigenvalue weighted by molar-refractivity contribution is 7.80. The van der Waals surface area contributed by atoms with Crippen LogP contribution in [0.15, 0.2) is 12.3 Å². The average Bonchev–Trinajstić information content (AvgIpc) is 2.91. The first-order chi connectivity index (χ1) is 7.59. The third kappa shape index (κ3) is 2.32. The molecule has 1 aromatic rings. The number of nitrogens with zero attached hydrogens (tertiary/aromatic N) is 1. The van der Waals surface area contributed by atoms with Gasteiger partial charge in [0, 0.05) is 12.7 Å². The van der Waals surface area contributed by atoms with Crippen LogP contribution in [0, 0.1) is 18.8 Å². The van der Waals surface area contributed by atoms with Crippen LogP contribution < -0.4 is 11.1 Å². The molecule has 0 aromatic carbocycles. The quantitative estimate of drug-likeness (QED) is 0.785. The highest BCUT2D eigenvalue weighted by atomic mass is 32.1. The van der Waals surface area contributed by atoms with E-state index in [2.05, 4.69) is 17.2 Å². The largest absolute Gasteiger partial charge is 0.389 e. The molecule has 1 saturated carbocycles. The normalized spacial score (nSPS) is 22.9. The molecule has 1 aliphatic rings. The molecule has 2 rings (SSSR count). The number of anilines is 1. The lowest BCUT2D eigenvalue weighted by Crippen LogP contribution is -2.17. The lowest BCUT2D eigenvalue weighted by molar-refractivity contribution is 0.784. The van der Waals surface area contributed by atoms with Gasteiger partial charge in [0.15, 0.2) is 0 Å². The summed E-state index contributed by atoms with van der Waals surface area (Å²) < 4.78 is 0. The Kier molecular flexibility index (Phi) is 3.10. The fraction of sp³-hybridized carbons (Fsp3) is 0.500. The van der Waals surface area contributed by atoms with Gasteiger partial charge in [-0.3, -0.25) is 0 Å². The summed E-state index contributed by atoms with van der Waals surface area (Å²) in [5.74, 6) is 2.44. The van der Waals surface area contributed by atoms with Crippen molar-refractivity contribution in [1.82, 2.24) is 4.98 Å². The van der Waals surface area contributed by atoms with Crippen molar-refractivity contribution in [2.75, 3.05) is 11.9 Å². The minimum Gasteiger partial charge on any atom is -0.389 e. The zero-order valence-corrected chi connectivity index (χ0v) is 10.5. The van der Waals surface area contributed by atoms with Crippen LogP contribution in [0.2, 0.25) is 0 Å². The molecule has 0 amide bonds. The van der Waals surface area contributed by atoms with Crippen LogP contribution in [0.25, 0.3) is 0 Å². The molecule has 3 nitrogen and oxygen atoms in total. The number of hydrogen-bond donors (Lipinski definition) is 2. The molecule has 16 heavy (non-hydrogen) atoms. The first kappa shape index (κ1) is 11.3. The average molecular weight is 235 g/mol. The molecule has 1 aromatic heterocycles. The Hall–Kier alpha value is -1.16. The second-order valence-corrected chi connectivity index (χ2v) is 5.01. The predicted octanol–water partition coefficient (Wildman–Crippen LogP) is 2.09. The summed E-state index contributed by atoms with van der Waals surface area (Å²) in [6, 6.07) is 1.93. The van der Waals surface area contributed by atoms with Gasteiger partial charge >= 0.3 is 0 Å². The third-order valence-electron chi connectivity index (χ3n) is 3.21. The van der Waals surface area contributed by atoms with E-state index >= 15 is 0 Å². The van der Waals surface area contributed by atoms with Crippen molar-refractivity contribution in [3.8, 4) is 0 Å². The van der Waals surface area contributed by atoms with Crippen molar-refractivity contribution in [2.24, 2.45) is 17.6 Å². The monoisotopic (exact) mass is 235 g/mol. The van der Waals surface area contributed by atoms with E-state index < -0.39 is 0 Å². The number of aromatic nitrogens is 1. The van der Waals surface area contributed by atoms with Crippen molar-refractivity contribution in [3.05, 3.63) is 23.4 Å². The number of rotatable bonds is 4. The lowest BCUT2D eigenvalue weighted by atomic mass is 10.1. The van der Waals surface area contributed by atoms with Gasteiger partial charge in [0.25, 0.3) is 0 Å². The number of nitrogens with two attached hydrogens (primary N) is 1.